The van der Waals surface area contributed by atoms with Crippen LogP contribution in [0.5, 0.6) is 5.75 Å². The van der Waals surface area contributed by atoms with Gasteiger partial charge in [-0.1, -0.05) is 37.3 Å². The molecule has 0 aliphatic heterocycles. The van der Waals surface area contributed by atoms with E-state index in [1.807, 2.05) is 52.7 Å². The zero-order valence-electron chi connectivity index (χ0n) is 16.6. The van der Waals surface area contributed by atoms with Crippen molar-refractivity contribution in [2.75, 3.05) is 6.54 Å². The zero-order chi connectivity index (χ0) is 19.9. The summed E-state index contributed by atoms with van der Waals surface area (Å²) in [5.41, 5.74) is 3.99. The van der Waals surface area contributed by atoms with Gasteiger partial charge in [0.2, 0.25) is 0 Å². The lowest BCUT2D eigenvalue weighted by molar-refractivity contribution is 0.0741. The number of carbonyl (C=O) groups excluding carboxylic acids is 1. The van der Waals surface area contributed by atoms with Crippen molar-refractivity contribution in [2.45, 2.75) is 40.3 Å². The molecule has 0 saturated carbocycles. The molecule has 2 aromatic carbocycles. The molecule has 0 saturated heterocycles. The van der Waals surface area contributed by atoms with Crippen LogP contribution < -0.4 is 4.74 Å². The van der Waals surface area contributed by atoms with E-state index in [0.717, 1.165) is 28.4 Å². The highest BCUT2D eigenvalue weighted by Crippen LogP contribution is 2.22. The molecule has 0 atom stereocenters. The Hall–Kier alpha value is -2.66. The molecule has 146 valence electrons. The van der Waals surface area contributed by atoms with Gasteiger partial charge in [-0.15, -0.1) is 11.3 Å². The zero-order valence-corrected chi connectivity index (χ0v) is 17.5. The summed E-state index contributed by atoms with van der Waals surface area (Å²) >= 11 is 1.57. The predicted octanol–water partition coefficient (Wildman–Crippen LogP) is 5.39. The monoisotopic (exact) mass is 394 g/mol. The van der Waals surface area contributed by atoms with Crippen LogP contribution in [0.15, 0.2) is 53.9 Å². The number of hydrogen-bond acceptors (Lipinski definition) is 4. The summed E-state index contributed by atoms with van der Waals surface area (Å²) < 4.78 is 5.95. The van der Waals surface area contributed by atoms with Gasteiger partial charge in [0.15, 0.2) is 0 Å². The highest BCUT2D eigenvalue weighted by atomic mass is 32.1. The lowest BCUT2D eigenvalue weighted by Crippen LogP contribution is -2.31. The Labute approximate surface area is 170 Å². The minimum absolute atomic E-state index is 0.0450. The molecule has 0 unspecified atom stereocenters. The first-order valence-corrected chi connectivity index (χ1v) is 10.4. The number of amides is 1. The summed E-state index contributed by atoms with van der Waals surface area (Å²) in [6.45, 7) is 7.89. The van der Waals surface area contributed by atoms with Crippen LogP contribution in [0.3, 0.4) is 0 Å². The third-order valence-electron chi connectivity index (χ3n) is 4.66. The Kier molecular flexibility index (Phi) is 6.82. The number of thiazole rings is 1. The summed E-state index contributed by atoms with van der Waals surface area (Å²) in [7, 11) is 0. The van der Waals surface area contributed by atoms with Crippen LogP contribution in [0.4, 0.5) is 0 Å². The van der Waals surface area contributed by atoms with Crippen LogP contribution in [0.1, 0.15) is 45.5 Å². The van der Waals surface area contributed by atoms with Gasteiger partial charge in [-0.3, -0.25) is 4.79 Å². The Bertz CT molecular complexity index is 921. The summed E-state index contributed by atoms with van der Waals surface area (Å²) in [4.78, 5) is 19.3. The van der Waals surface area contributed by atoms with Gasteiger partial charge < -0.3 is 9.64 Å². The summed E-state index contributed by atoms with van der Waals surface area (Å²) in [6.07, 6.45) is 0.908. The van der Waals surface area contributed by atoms with Crippen LogP contribution in [-0.2, 0) is 13.2 Å². The fourth-order valence-corrected chi connectivity index (χ4v) is 3.69. The van der Waals surface area contributed by atoms with Gasteiger partial charge in [0.1, 0.15) is 17.4 Å². The van der Waals surface area contributed by atoms with Crippen LogP contribution in [0.25, 0.3) is 0 Å². The van der Waals surface area contributed by atoms with E-state index < -0.39 is 0 Å². The standard InChI is InChI=1S/C23H26N2O2S/c1-4-13-25(23(26)19-10-6-5-7-11-19)14-20-16-28-22(24-20)15-27-21-12-8-9-17(2)18(21)3/h5-12,16H,4,13-15H2,1-3H3. The largest absolute Gasteiger partial charge is 0.486 e. The van der Waals surface area contributed by atoms with E-state index in [1.165, 1.54) is 5.56 Å². The number of nitrogens with zero attached hydrogens (tertiary/aromatic N) is 2. The van der Waals surface area contributed by atoms with Crippen LogP contribution >= 0.6 is 11.3 Å². The van der Waals surface area contributed by atoms with Gasteiger partial charge in [0, 0.05) is 17.5 Å². The van der Waals surface area contributed by atoms with Crippen molar-refractivity contribution in [1.29, 1.82) is 0 Å². The second-order valence-electron chi connectivity index (χ2n) is 6.81. The molecule has 0 bridgehead atoms. The molecule has 28 heavy (non-hydrogen) atoms. The normalized spacial score (nSPS) is 10.7. The SMILES string of the molecule is CCCN(Cc1csc(COc2cccc(C)c2C)n1)C(=O)c1ccccc1. The van der Waals surface area contributed by atoms with E-state index in [4.69, 9.17) is 4.74 Å². The lowest BCUT2D eigenvalue weighted by Gasteiger charge is -2.21. The fraction of sp³-hybridized carbons (Fsp3) is 0.304. The van der Waals surface area contributed by atoms with Crippen LogP contribution in [0, 0.1) is 13.8 Å². The van der Waals surface area contributed by atoms with E-state index in [1.54, 1.807) is 11.3 Å². The molecular formula is C23H26N2O2S. The van der Waals surface area contributed by atoms with Gasteiger partial charge in [-0.25, -0.2) is 4.98 Å². The topological polar surface area (TPSA) is 42.4 Å². The van der Waals surface area contributed by atoms with Crippen molar-refractivity contribution >= 4 is 17.2 Å². The van der Waals surface area contributed by atoms with E-state index in [2.05, 4.69) is 31.8 Å². The molecule has 0 aliphatic rings. The first-order valence-electron chi connectivity index (χ1n) is 9.55. The molecule has 0 aliphatic carbocycles. The molecule has 3 aromatic rings. The maximum atomic E-state index is 12.8. The Morgan fingerprint density at radius 3 is 2.64 bits per heavy atom. The molecule has 0 fully saturated rings. The molecule has 5 heteroatoms. The number of aryl methyl sites for hydroxylation is 1. The van der Waals surface area contributed by atoms with Crippen molar-refractivity contribution in [3.05, 3.63) is 81.3 Å². The quantitative estimate of drug-likeness (QED) is 0.514. The first-order chi connectivity index (χ1) is 13.6. The molecule has 0 radical (unpaired) electrons. The number of hydrogen-bond donors (Lipinski definition) is 0. The minimum atomic E-state index is 0.0450. The number of aromatic nitrogens is 1. The summed E-state index contributed by atoms with van der Waals surface area (Å²) in [6, 6.07) is 15.5. The number of carbonyl (C=O) groups is 1. The molecule has 0 spiro atoms. The van der Waals surface area contributed by atoms with Gasteiger partial charge in [-0.2, -0.15) is 0 Å². The first kappa shape index (κ1) is 20.1. The third-order valence-corrected chi connectivity index (χ3v) is 5.53. The van der Waals surface area contributed by atoms with Crippen LogP contribution in [0.2, 0.25) is 0 Å². The summed E-state index contributed by atoms with van der Waals surface area (Å²) in [5, 5.41) is 2.93. The van der Waals surface area contributed by atoms with Crippen LogP contribution in [-0.4, -0.2) is 22.3 Å². The van der Waals surface area contributed by atoms with Gasteiger partial charge in [0.05, 0.1) is 12.2 Å². The van der Waals surface area contributed by atoms with Gasteiger partial charge >= 0.3 is 0 Å². The van der Waals surface area contributed by atoms with Crippen molar-refractivity contribution in [3.8, 4) is 5.75 Å². The molecule has 1 amide bonds. The smallest absolute Gasteiger partial charge is 0.254 e. The number of rotatable bonds is 8. The summed E-state index contributed by atoms with van der Waals surface area (Å²) in [5.74, 6) is 0.937. The Morgan fingerprint density at radius 2 is 1.89 bits per heavy atom. The number of benzene rings is 2. The van der Waals surface area contributed by atoms with Gasteiger partial charge in [0.25, 0.3) is 5.91 Å². The lowest BCUT2D eigenvalue weighted by atomic mass is 10.1. The second-order valence-corrected chi connectivity index (χ2v) is 7.75. The highest BCUT2D eigenvalue weighted by Gasteiger charge is 2.16. The molecular weight excluding hydrogens is 368 g/mol. The van der Waals surface area contributed by atoms with Crippen molar-refractivity contribution in [3.63, 3.8) is 0 Å². The fourth-order valence-electron chi connectivity index (χ4n) is 2.99. The van der Waals surface area contributed by atoms with E-state index in [9.17, 15) is 4.79 Å². The second kappa shape index (κ2) is 9.51. The van der Waals surface area contributed by atoms with Gasteiger partial charge in [-0.05, 0) is 49.6 Å². The average Bonchev–Trinajstić information content (AvgIpc) is 3.16. The van der Waals surface area contributed by atoms with E-state index >= 15 is 0 Å². The molecule has 1 heterocycles. The third kappa shape index (κ3) is 4.98. The maximum absolute atomic E-state index is 12.8. The number of ether oxygens (including phenoxy) is 1. The molecule has 3 rings (SSSR count). The molecule has 4 nitrogen and oxygen atoms in total. The predicted molar refractivity (Wildman–Crippen MR) is 114 cm³/mol. The maximum Gasteiger partial charge on any atom is 0.254 e. The molecule has 1 aromatic heterocycles. The highest BCUT2D eigenvalue weighted by molar-refractivity contribution is 7.09. The Morgan fingerprint density at radius 1 is 1.11 bits per heavy atom. The van der Waals surface area contributed by atoms with Crippen molar-refractivity contribution in [2.24, 2.45) is 0 Å². The van der Waals surface area contributed by atoms with E-state index in [0.29, 0.717) is 25.3 Å². The van der Waals surface area contributed by atoms with Crippen molar-refractivity contribution in [1.82, 2.24) is 9.88 Å². The minimum Gasteiger partial charge on any atom is -0.486 e. The van der Waals surface area contributed by atoms with Crippen molar-refractivity contribution < 1.29 is 9.53 Å². The average molecular weight is 395 g/mol. The van der Waals surface area contributed by atoms with E-state index in [-0.39, 0.29) is 5.91 Å². The Balaban J connectivity index is 1.65. The molecule has 0 N–H and O–H groups in total.